The monoisotopic (exact) mass is 318 g/mol. The average Bonchev–Trinajstić information content (AvgIpc) is 2.87. The number of benzene rings is 1. The van der Waals surface area contributed by atoms with E-state index in [1.807, 2.05) is 44.4 Å². The Bertz CT molecular complexity index is 771. The number of hydrogen-bond donors (Lipinski definition) is 0. The van der Waals surface area contributed by atoms with Crippen molar-refractivity contribution in [3.05, 3.63) is 52.5 Å². The Morgan fingerprint density at radius 2 is 1.57 bits per heavy atom. The molecule has 0 fully saturated rings. The topological polar surface area (TPSA) is 43.6 Å². The van der Waals surface area contributed by atoms with E-state index in [0.29, 0.717) is 21.7 Å². The minimum absolute atomic E-state index is 0.331. The third kappa shape index (κ3) is 2.77. The average molecular weight is 319 g/mol. The largest absolute Gasteiger partial charge is 0.275 e. The number of aryl methyl sites for hydroxylation is 2. The molecule has 0 N–H and O–H groups in total. The Morgan fingerprint density at radius 1 is 0.952 bits per heavy atom. The molecule has 0 amide bonds. The highest BCUT2D eigenvalue weighted by atomic mass is 35.5. The summed E-state index contributed by atoms with van der Waals surface area (Å²) < 4.78 is 1.67. The lowest BCUT2D eigenvalue weighted by atomic mass is 10.1. The Kier molecular flexibility index (Phi) is 3.66. The second kappa shape index (κ2) is 5.47. The van der Waals surface area contributed by atoms with Crippen LogP contribution in [0.15, 0.2) is 36.7 Å². The number of rotatable bonds is 2. The molecule has 0 unspecified atom stereocenters. The van der Waals surface area contributed by atoms with Crippen molar-refractivity contribution in [1.29, 1.82) is 0 Å². The zero-order valence-corrected chi connectivity index (χ0v) is 13.0. The van der Waals surface area contributed by atoms with Crippen molar-refractivity contribution >= 4 is 23.2 Å². The first kappa shape index (κ1) is 14.0. The molecule has 3 aromatic rings. The fourth-order valence-electron chi connectivity index (χ4n) is 2.03. The lowest BCUT2D eigenvalue weighted by Crippen LogP contribution is -1.94. The minimum Gasteiger partial charge on any atom is -0.275 e. The first-order chi connectivity index (χ1) is 10.0. The number of halogens is 2. The quantitative estimate of drug-likeness (QED) is 0.666. The molecule has 0 saturated heterocycles. The van der Waals surface area contributed by atoms with Crippen molar-refractivity contribution in [1.82, 2.24) is 19.7 Å². The fourth-order valence-corrected chi connectivity index (χ4v) is 2.64. The van der Waals surface area contributed by atoms with Gasteiger partial charge in [0.15, 0.2) is 5.82 Å². The SMILES string of the molecule is Cc1ccc(-c2c(Cl)nc(-c3cnn(C)c3)nc2Cl)cc1. The van der Waals surface area contributed by atoms with Crippen molar-refractivity contribution < 1.29 is 0 Å². The van der Waals surface area contributed by atoms with Gasteiger partial charge < -0.3 is 0 Å². The van der Waals surface area contributed by atoms with Gasteiger partial charge in [0.1, 0.15) is 10.3 Å². The molecule has 0 aliphatic heterocycles. The lowest BCUT2D eigenvalue weighted by Gasteiger charge is -2.08. The van der Waals surface area contributed by atoms with Crippen LogP contribution in [0.2, 0.25) is 10.3 Å². The van der Waals surface area contributed by atoms with Crippen LogP contribution < -0.4 is 0 Å². The summed E-state index contributed by atoms with van der Waals surface area (Å²) in [7, 11) is 1.83. The molecular weight excluding hydrogens is 307 g/mol. The van der Waals surface area contributed by atoms with Gasteiger partial charge in [-0.2, -0.15) is 5.10 Å². The molecule has 3 rings (SSSR count). The summed E-state index contributed by atoms with van der Waals surface area (Å²) in [4.78, 5) is 8.67. The molecular formula is C15H12Cl2N4. The van der Waals surface area contributed by atoms with Crippen LogP contribution in [0.5, 0.6) is 0 Å². The molecule has 0 aliphatic rings. The molecule has 2 aromatic heterocycles. The highest BCUT2D eigenvalue weighted by Gasteiger charge is 2.15. The number of aromatic nitrogens is 4. The van der Waals surface area contributed by atoms with E-state index in [0.717, 1.165) is 11.1 Å². The van der Waals surface area contributed by atoms with Gasteiger partial charge in [0.2, 0.25) is 0 Å². The summed E-state index contributed by atoms with van der Waals surface area (Å²) in [5, 5.41) is 4.76. The number of nitrogens with zero attached hydrogens (tertiary/aromatic N) is 4. The molecule has 21 heavy (non-hydrogen) atoms. The lowest BCUT2D eigenvalue weighted by molar-refractivity contribution is 0.768. The van der Waals surface area contributed by atoms with E-state index in [4.69, 9.17) is 23.2 Å². The smallest absolute Gasteiger partial charge is 0.165 e. The van der Waals surface area contributed by atoms with E-state index in [-0.39, 0.29) is 0 Å². The summed E-state index contributed by atoms with van der Waals surface area (Å²) >= 11 is 12.6. The molecule has 0 saturated carbocycles. The summed E-state index contributed by atoms with van der Waals surface area (Å²) in [5.41, 5.74) is 3.48. The zero-order chi connectivity index (χ0) is 15.0. The van der Waals surface area contributed by atoms with E-state index in [1.165, 1.54) is 5.56 Å². The van der Waals surface area contributed by atoms with Crippen LogP contribution >= 0.6 is 23.2 Å². The van der Waals surface area contributed by atoms with Crippen LogP contribution in [0.3, 0.4) is 0 Å². The van der Waals surface area contributed by atoms with Crippen molar-refractivity contribution in [2.75, 3.05) is 0 Å². The van der Waals surface area contributed by atoms with Gasteiger partial charge in [-0.05, 0) is 12.5 Å². The van der Waals surface area contributed by atoms with Crippen LogP contribution in [0, 0.1) is 6.92 Å². The Labute approximate surface area is 132 Å². The molecule has 0 atom stereocenters. The maximum atomic E-state index is 6.30. The van der Waals surface area contributed by atoms with Crippen LogP contribution in [0.1, 0.15) is 5.56 Å². The van der Waals surface area contributed by atoms with Gasteiger partial charge >= 0.3 is 0 Å². The summed E-state index contributed by atoms with van der Waals surface area (Å²) in [6, 6.07) is 7.90. The summed E-state index contributed by atoms with van der Waals surface area (Å²) in [5.74, 6) is 0.467. The van der Waals surface area contributed by atoms with Crippen LogP contribution in [0.25, 0.3) is 22.5 Å². The standard InChI is InChI=1S/C15H12Cl2N4/c1-9-3-5-10(6-4-9)12-13(16)19-15(20-14(12)17)11-7-18-21(2)8-11/h3-8H,1-2H3. The first-order valence-corrected chi connectivity index (χ1v) is 7.09. The Morgan fingerprint density at radius 3 is 2.10 bits per heavy atom. The fraction of sp³-hybridized carbons (Fsp3) is 0.133. The molecule has 4 nitrogen and oxygen atoms in total. The number of hydrogen-bond acceptors (Lipinski definition) is 3. The molecule has 0 spiro atoms. The highest BCUT2D eigenvalue weighted by Crippen LogP contribution is 2.34. The molecule has 2 heterocycles. The van der Waals surface area contributed by atoms with E-state index >= 15 is 0 Å². The molecule has 106 valence electrons. The molecule has 1 aromatic carbocycles. The first-order valence-electron chi connectivity index (χ1n) is 6.33. The van der Waals surface area contributed by atoms with Crippen LogP contribution in [0.4, 0.5) is 0 Å². The summed E-state index contributed by atoms with van der Waals surface area (Å²) in [6.07, 6.45) is 3.49. The predicted molar refractivity (Wildman–Crippen MR) is 84.4 cm³/mol. The third-order valence-corrected chi connectivity index (χ3v) is 3.67. The second-order valence-corrected chi connectivity index (χ2v) is 5.49. The minimum atomic E-state index is 0.331. The summed E-state index contributed by atoms with van der Waals surface area (Å²) in [6.45, 7) is 2.02. The zero-order valence-electron chi connectivity index (χ0n) is 11.5. The van der Waals surface area contributed by atoms with E-state index in [1.54, 1.807) is 10.9 Å². The second-order valence-electron chi connectivity index (χ2n) is 4.77. The van der Waals surface area contributed by atoms with Gasteiger partial charge in [-0.15, -0.1) is 0 Å². The van der Waals surface area contributed by atoms with Gasteiger partial charge in [0.05, 0.1) is 17.3 Å². The van der Waals surface area contributed by atoms with Gasteiger partial charge in [-0.3, -0.25) is 4.68 Å². The van der Waals surface area contributed by atoms with Crippen molar-refractivity contribution in [3.8, 4) is 22.5 Å². The van der Waals surface area contributed by atoms with Gasteiger partial charge in [0, 0.05) is 13.2 Å². The van der Waals surface area contributed by atoms with Crippen LogP contribution in [-0.2, 0) is 7.05 Å². The van der Waals surface area contributed by atoms with Gasteiger partial charge in [-0.25, -0.2) is 9.97 Å². The van der Waals surface area contributed by atoms with Crippen molar-refractivity contribution in [2.45, 2.75) is 6.92 Å². The maximum Gasteiger partial charge on any atom is 0.165 e. The highest BCUT2D eigenvalue weighted by molar-refractivity contribution is 6.37. The normalized spacial score (nSPS) is 10.9. The van der Waals surface area contributed by atoms with E-state index in [2.05, 4.69) is 15.1 Å². The van der Waals surface area contributed by atoms with E-state index in [9.17, 15) is 0 Å². The molecule has 0 aliphatic carbocycles. The molecule has 0 bridgehead atoms. The van der Waals surface area contributed by atoms with E-state index < -0.39 is 0 Å². The predicted octanol–water partition coefficient (Wildman–Crippen LogP) is 4.16. The van der Waals surface area contributed by atoms with Crippen molar-refractivity contribution in [3.63, 3.8) is 0 Å². The maximum absolute atomic E-state index is 6.30. The van der Waals surface area contributed by atoms with Crippen molar-refractivity contribution in [2.24, 2.45) is 7.05 Å². The van der Waals surface area contributed by atoms with Crippen LogP contribution in [-0.4, -0.2) is 19.7 Å². The Hall–Kier alpha value is -1.91. The van der Waals surface area contributed by atoms with Gasteiger partial charge in [-0.1, -0.05) is 53.0 Å². The molecule has 6 heteroatoms. The third-order valence-electron chi connectivity index (χ3n) is 3.12. The Balaban J connectivity index is 2.10. The molecule has 0 radical (unpaired) electrons. The van der Waals surface area contributed by atoms with Gasteiger partial charge in [0.25, 0.3) is 0 Å².